The highest BCUT2D eigenvalue weighted by molar-refractivity contribution is 6.35. The van der Waals surface area contributed by atoms with Crippen molar-refractivity contribution >= 4 is 34.0 Å². The number of nitrogens with zero attached hydrogens (tertiary/aromatic N) is 2. The summed E-state index contributed by atoms with van der Waals surface area (Å²) in [5.41, 5.74) is 0.857. The average Bonchev–Trinajstić information content (AvgIpc) is 2.45. The molecule has 0 atom stereocenters. The lowest BCUT2D eigenvalue weighted by Gasteiger charge is -2.09. The molecule has 5 heteroatoms. The van der Waals surface area contributed by atoms with Gasteiger partial charge in [-0.05, 0) is 31.2 Å². The molecule has 0 unspecified atom stereocenters. The highest BCUT2D eigenvalue weighted by Gasteiger charge is 2.10. The van der Waals surface area contributed by atoms with Gasteiger partial charge in [-0.3, -0.25) is 0 Å². The first kappa shape index (κ1) is 13.2. The van der Waals surface area contributed by atoms with Gasteiger partial charge in [0.25, 0.3) is 0 Å². The second-order valence-corrected chi connectivity index (χ2v) is 5.16. The number of halogens is 2. The van der Waals surface area contributed by atoms with Crippen molar-refractivity contribution in [2.45, 2.75) is 6.92 Å². The number of hydrogen-bond acceptors (Lipinski definition) is 3. The van der Waals surface area contributed by atoms with Crippen LogP contribution in [0.1, 0.15) is 5.69 Å². The smallest absolute Gasteiger partial charge is 0.246 e. The number of aromatic nitrogens is 2. The third kappa shape index (κ3) is 2.42. The minimum absolute atomic E-state index is 0.426. The number of rotatable bonds is 2. The van der Waals surface area contributed by atoms with E-state index in [9.17, 15) is 0 Å². The van der Waals surface area contributed by atoms with Crippen LogP contribution in [0.5, 0.6) is 11.6 Å². The van der Waals surface area contributed by atoms with Crippen LogP contribution >= 0.6 is 23.2 Å². The highest BCUT2D eigenvalue weighted by Crippen LogP contribution is 2.33. The number of aryl methyl sites for hydroxylation is 1. The lowest BCUT2D eigenvalue weighted by Crippen LogP contribution is -1.95. The topological polar surface area (TPSA) is 35.0 Å². The molecular weight excluding hydrogens is 295 g/mol. The minimum Gasteiger partial charge on any atom is -0.435 e. The van der Waals surface area contributed by atoms with Crippen LogP contribution < -0.4 is 4.74 Å². The molecule has 0 amide bonds. The molecule has 0 saturated carbocycles. The Kier molecular flexibility index (Phi) is 3.47. The van der Waals surface area contributed by atoms with Crippen LogP contribution in [0.15, 0.2) is 42.5 Å². The fraction of sp³-hybridized carbons (Fsp3) is 0.0667. The number of ether oxygens (including phenoxy) is 1. The first-order chi connectivity index (χ1) is 9.65. The van der Waals surface area contributed by atoms with E-state index in [-0.39, 0.29) is 0 Å². The van der Waals surface area contributed by atoms with E-state index in [4.69, 9.17) is 27.9 Å². The molecule has 0 N–H and O–H groups in total. The third-order valence-corrected chi connectivity index (χ3v) is 3.47. The van der Waals surface area contributed by atoms with Crippen molar-refractivity contribution in [1.82, 2.24) is 10.2 Å². The van der Waals surface area contributed by atoms with E-state index in [1.54, 1.807) is 18.2 Å². The van der Waals surface area contributed by atoms with Crippen LogP contribution in [0, 0.1) is 6.92 Å². The van der Waals surface area contributed by atoms with Crippen molar-refractivity contribution in [2.24, 2.45) is 0 Å². The molecule has 1 aromatic heterocycles. The van der Waals surface area contributed by atoms with E-state index in [0.717, 1.165) is 16.5 Å². The Morgan fingerprint density at radius 3 is 2.45 bits per heavy atom. The molecular formula is C15H10Cl2N2O. The highest BCUT2D eigenvalue weighted by atomic mass is 35.5. The zero-order valence-corrected chi connectivity index (χ0v) is 12.1. The van der Waals surface area contributed by atoms with E-state index in [1.807, 2.05) is 31.2 Å². The van der Waals surface area contributed by atoms with Gasteiger partial charge in [-0.2, -0.15) is 5.10 Å². The van der Waals surface area contributed by atoms with E-state index in [1.165, 1.54) is 0 Å². The van der Waals surface area contributed by atoms with Gasteiger partial charge in [-0.1, -0.05) is 41.4 Å². The van der Waals surface area contributed by atoms with Gasteiger partial charge in [0.2, 0.25) is 5.88 Å². The molecule has 0 saturated heterocycles. The maximum absolute atomic E-state index is 6.10. The van der Waals surface area contributed by atoms with E-state index in [2.05, 4.69) is 10.2 Å². The van der Waals surface area contributed by atoms with Crippen molar-refractivity contribution < 1.29 is 4.74 Å². The van der Waals surface area contributed by atoms with E-state index in [0.29, 0.717) is 21.7 Å². The zero-order chi connectivity index (χ0) is 14.1. The lowest BCUT2D eigenvalue weighted by molar-refractivity contribution is 0.461. The van der Waals surface area contributed by atoms with Crippen molar-refractivity contribution in [3.8, 4) is 11.6 Å². The Hall–Kier alpha value is -1.84. The maximum atomic E-state index is 6.10. The maximum Gasteiger partial charge on any atom is 0.246 e. The summed E-state index contributed by atoms with van der Waals surface area (Å²) in [6, 6.07) is 12.9. The molecule has 2 aromatic carbocycles. The molecule has 0 spiro atoms. The zero-order valence-electron chi connectivity index (χ0n) is 10.6. The van der Waals surface area contributed by atoms with Gasteiger partial charge >= 0.3 is 0 Å². The second kappa shape index (κ2) is 5.27. The quantitative estimate of drug-likeness (QED) is 0.665. The van der Waals surface area contributed by atoms with Crippen LogP contribution in [0.3, 0.4) is 0 Å². The normalized spacial score (nSPS) is 10.8. The minimum atomic E-state index is 0.426. The first-order valence-corrected chi connectivity index (χ1v) is 6.75. The fourth-order valence-electron chi connectivity index (χ4n) is 1.95. The van der Waals surface area contributed by atoms with Gasteiger partial charge in [-0.25, -0.2) is 0 Å². The van der Waals surface area contributed by atoms with Crippen LogP contribution in [-0.4, -0.2) is 10.2 Å². The standard InChI is InChI=1S/C15H10Cl2N2O/c1-9-11-4-2-3-5-12(11)15(19-18-9)20-14-7-6-10(16)8-13(14)17/h2-8H,1H3. The Bertz CT molecular complexity index is 790. The molecule has 3 nitrogen and oxygen atoms in total. The van der Waals surface area contributed by atoms with Crippen molar-refractivity contribution in [3.05, 3.63) is 58.2 Å². The summed E-state index contributed by atoms with van der Waals surface area (Å²) in [6.45, 7) is 1.91. The molecule has 100 valence electrons. The Labute approximate surface area is 126 Å². The Morgan fingerprint density at radius 1 is 0.950 bits per heavy atom. The van der Waals surface area contributed by atoms with Gasteiger partial charge in [0.1, 0.15) is 5.75 Å². The fourth-order valence-corrected chi connectivity index (χ4v) is 2.40. The SMILES string of the molecule is Cc1nnc(Oc2ccc(Cl)cc2Cl)c2ccccc12. The van der Waals surface area contributed by atoms with Crippen molar-refractivity contribution in [3.63, 3.8) is 0 Å². The molecule has 0 radical (unpaired) electrons. The van der Waals surface area contributed by atoms with E-state index >= 15 is 0 Å². The number of benzene rings is 2. The molecule has 3 rings (SSSR count). The van der Waals surface area contributed by atoms with Gasteiger partial charge in [-0.15, -0.1) is 5.10 Å². The molecule has 0 bridgehead atoms. The molecule has 3 aromatic rings. The monoisotopic (exact) mass is 304 g/mol. The predicted molar refractivity (Wildman–Crippen MR) is 80.8 cm³/mol. The third-order valence-electron chi connectivity index (χ3n) is 2.94. The van der Waals surface area contributed by atoms with Crippen molar-refractivity contribution in [1.29, 1.82) is 0 Å². The number of fused-ring (bicyclic) bond motifs is 1. The molecule has 20 heavy (non-hydrogen) atoms. The van der Waals surface area contributed by atoms with Crippen LogP contribution in [0.25, 0.3) is 10.8 Å². The molecule has 0 fully saturated rings. The largest absolute Gasteiger partial charge is 0.435 e. The Balaban J connectivity index is 2.09. The summed E-state index contributed by atoms with van der Waals surface area (Å²) >= 11 is 12.0. The van der Waals surface area contributed by atoms with Gasteiger partial charge in [0, 0.05) is 15.8 Å². The van der Waals surface area contributed by atoms with Crippen LogP contribution in [0.4, 0.5) is 0 Å². The predicted octanol–water partition coefficient (Wildman–Crippen LogP) is 5.04. The first-order valence-electron chi connectivity index (χ1n) is 6.00. The van der Waals surface area contributed by atoms with E-state index < -0.39 is 0 Å². The summed E-state index contributed by atoms with van der Waals surface area (Å²) in [5.74, 6) is 0.926. The van der Waals surface area contributed by atoms with Crippen LogP contribution in [0.2, 0.25) is 10.0 Å². The summed E-state index contributed by atoms with van der Waals surface area (Å²) in [7, 11) is 0. The molecule has 0 aliphatic carbocycles. The summed E-state index contributed by atoms with van der Waals surface area (Å²) in [6.07, 6.45) is 0. The summed E-state index contributed by atoms with van der Waals surface area (Å²) in [4.78, 5) is 0. The molecule has 0 aliphatic rings. The Morgan fingerprint density at radius 2 is 1.70 bits per heavy atom. The lowest BCUT2D eigenvalue weighted by atomic mass is 10.1. The molecule has 0 aliphatic heterocycles. The van der Waals surface area contributed by atoms with Crippen molar-refractivity contribution in [2.75, 3.05) is 0 Å². The summed E-state index contributed by atoms with van der Waals surface area (Å²) in [5, 5.41) is 11.1. The number of hydrogen-bond donors (Lipinski definition) is 0. The van der Waals surface area contributed by atoms with Crippen LogP contribution in [-0.2, 0) is 0 Å². The second-order valence-electron chi connectivity index (χ2n) is 4.31. The van der Waals surface area contributed by atoms with Gasteiger partial charge in [0.15, 0.2) is 0 Å². The molecule has 1 heterocycles. The summed E-state index contributed by atoms with van der Waals surface area (Å²) < 4.78 is 5.77. The van der Waals surface area contributed by atoms with Gasteiger partial charge in [0.05, 0.1) is 10.7 Å². The average molecular weight is 305 g/mol. The van der Waals surface area contributed by atoms with Gasteiger partial charge < -0.3 is 4.74 Å².